The molecule has 3 unspecified atom stereocenters. The minimum absolute atomic E-state index is 0.0111. The second kappa shape index (κ2) is 6.08. The number of benzene rings is 1. The molecule has 3 atom stereocenters. The number of alkyl halides is 1. The number of ether oxygens (including phenoxy) is 1. The van der Waals surface area contributed by atoms with Gasteiger partial charge in [0, 0.05) is 0 Å². The molecule has 1 nitrogen and oxygen atoms in total. The van der Waals surface area contributed by atoms with Crippen LogP contribution in [0.4, 0.5) is 0 Å². The van der Waals surface area contributed by atoms with Crippen LogP contribution in [-0.4, -0.2) is 12.2 Å². The Morgan fingerprint density at radius 1 is 1.22 bits per heavy atom. The highest BCUT2D eigenvalue weighted by molar-refractivity contribution is 6.21. The van der Waals surface area contributed by atoms with Gasteiger partial charge in [-0.1, -0.05) is 38.1 Å². The van der Waals surface area contributed by atoms with E-state index in [1.54, 1.807) is 0 Å². The molecule has 0 aromatic heterocycles. The molecule has 1 aromatic rings. The largest absolute Gasteiger partial charge is 0.373 e. The van der Waals surface area contributed by atoms with E-state index in [-0.39, 0.29) is 11.5 Å². The highest BCUT2D eigenvalue weighted by Gasteiger charge is 2.29. The maximum Gasteiger partial charge on any atom is 0.0847 e. The number of rotatable bonds is 4. The van der Waals surface area contributed by atoms with E-state index in [0.717, 1.165) is 19.3 Å². The van der Waals surface area contributed by atoms with Gasteiger partial charge in [-0.05, 0) is 43.2 Å². The normalized spacial score (nSPS) is 25.6. The van der Waals surface area contributed by atoms with Crippen molar-refractivity contribution >= 4 is 11.6 Å². The molecule has 0 N–H and O–H groups in total. The van der Waals surface area contributed by atoms with Gasteiger partial charge in [0.1, 0.15) is 0 Å². The Morgan fingerprint density at radius 2 is 1.89 bits per heavy atom. The quantitative estimate of drug-likeness (QED) is 0.716. The van der Waals surface area contributed by atoms with Crippen molar-refractivity contribution in [1.82, 2.24) is 0 Å². The summed E-state index contributed by atoms with van der Waals surface area (Å²) < 4.78 is 5.84. The molecule has 0 aliphatic carbocycles. The van der Waals surface area contributed by atoms with Crippen LogP contribution in [0, 0.1) is 5.92 Å². The predicted octanol–water partition coefficient (Wildman–Crippen LogP) is 4.73. The van der Waals surface area contributed by atoms with E-state index in [1.807, 2.05) is 0 Å². The van der Waals surface area contributed by atoms with Crippen molar-refractivity contribution in [1.29, 1.82) is 0 Å². The minimum Gasteiger partial charge on any atom is -0.373 e. The van der Waals surface area contributed by atoms with Crippen molar-refractivity contribution in [2.75, 3.05) is 0 Å². The summed E-state index contributed by atoms with van der Waals surface area (Å²) in [6.07, 6.45) is 3.86. The lowest BCUT2D eigenvalue weighted by atomic mass is 9.99. The zero-order valence-electron chi connectivity index (χ0n) is 11.5. The number of halogens is 1. The fourth-order valence-corrected chi connectivity index (χ4v) is 2.90. The standard InChI is InChI=1S/C16H23ClO/c1-11(2)10-13-5-7-14(8-6-13)16(17)15-9-4-12(3)18-15/h5-8,11-12,15-16H,4,9-10H2,1-3H3. The van der Waals surface area contributed by atoms with Gasteiger partial charge in [-0.2, -0.15) is 0 Å². The molecule has 0 amide bonds. The smallest absolute Gasteiger partial charge is 0.0847 e. The van der Waals surface area contributed by atoms with Crippen LogP contribution in [0.3, 0.4) is 0 Å². The molecule has 2 rings (SSSR count). The van der Waals surface area contributed by atoms with E-state index in [4.69, 9.17) is 16.3 Å². The Morgan fingerprint density at radius 3 is 2.39 bits per heavy atom. The first-order valence-electron chi connectivity index (χ1n) is 6.94. The predicted molar refractivity (Wildman–Crippen MR) is 77.1 cm³/mol. The average molecular weight is 267 g/mol. The molecular formula is C16H23ClO. The van der Waals surface area contributed by atoms with Crippen molar-refractivity contribution in [2.24, 2.45) is 5.92 Å². The molecule has 100 valence electrons. The molecule has 1 fully saturated rings. The fraction of sp³-hybridized carbons (Fsp3) is 0.625. The Hall–Kier alpha value is -0.530. The van der Waals surface area contributed by atoms with E-state index in [1.165, 1.54) is 11.1 Å². The molecule has 1 aliphatic heterocycles. The van der Waals surface area contributed by atoms with Crippen LogP contribution in [0.25, 0.3) is 0 Å². The topological polar surface area (TPSA) is 9.23 Å². The zero-order valence-corrected chi connectivity index (χ0v) is 12.3. The van der Waals surface area contributed by atoms with Crippen LogP contribution in [0.15, 0.2) is 24.3 Å². The van der Waals surface area contributed by atoms with Gasteiger partial charge in [-0.3, -0.25) is 0 Å². The van der Waals surface area contributed by atoms with E-state index in [9.17, 15) is 0 Å². The molecule has 1 heterocycles. The van der Waals surface area contributed by atoms with Crippen molar-refractivity contribution in [3.8, 4) is 0 Å². The highest BCUT2D eigenvalue weighted by atomic mass is 35.5. The summed E-state index contributed by atoms with van der Waals surface area (Å²) in [5, 5.41) is -0.0111. The number of hydrogen-bond donors (Lipinski definition) is 0. The third-order valence-electron chi connectivity index (χ3n) is 3.53. The SMILES string of the molecule is CC(C)Cc1ccc(C(Cl)C2CCC(C)O2)cc1. The van der Waals surface area contributed by atoms with Crippen LogP contribution in [0.2, 0.25) is 0 Å². The first-order valence-corrected chi connectivity index (χ1v) is 7.38. The Kier molecular flexibility index (Phi) is 4.69. The van der Waals surface area contributed by atoms with Crippen LogP contribution in [0.1, 0.15) is 50.1 Å². The van der Waals surface area contributed by atoms with Crippen LogP contribution in [0.5, 0.6) is 0 Å². The molecule has 2 heteroatoms. The van der Waals surface area contributed by atoms with E-state index in [0.29, 0.717) is 12.0 Å². The Labute approximate surface area is 115 Å². The highest BCUT2D eigenvalue weighted by Crippen LogP contribution is 2.34. The molecule has 1 saturated heterocycles. The van der Waals surface area contributed by atoms with Crippen LogP contribution in [-0.2, 0) is 11.2 Å². The molecule has 0 spiro atoms. The van der Waals surface area contributed by atoms with Gasteiger partial charge in [0.05, 0.1) is 17.6 Å². The van der Waals surface area contributed by atoms with Crippen LogP contribution < -0.4 is 0 Å². The molecular weight excluding hydrogens is 244 g/mol. The Bertz CT molecular complexity index is 371. The summed E-state index contributed by atoms with van der Waals surface area (Å²) in [6.45, 7) is 6.60. The van der Waals surface area contributed by atoms with Crippen molar-refractivity contribution in [3.05, 3.63) is 35.4 Å². The maximum absolute atomic E-state index is 6.51. The van der Waals surface area contributed by atoms with Crippen LogP contribution >= 0.6 is 11.6 Å². The molecule has 0 saturated carbocycles. The zero-order chi connectivity index (χ0) is 13.1. The van der Waals surface area contributed by atoms with Crippen molar-refractivity contribution in [2.45, 2.75) is 57.6 Å². The maximum atomic E-state index is 6.51. The minimum atomic E-state index is -0.0111. The van der Waals surface area contributed by atoms with Gasteiger partial charge < -0.3 is 4.74 Å². The van der Waals surface area contributed by atoms with E-state index >= 15 is 0 Å². The molecule has 1 aromatic carbocycles. The second-order valence-corrected chi connectivity index (χ2v) is 6.27. The Balaban J connectivity index is 2.00. The van der Waals surface area contributed by atoms with E-state index in [2.05, 4.69) is 45.0 Å². The number of hydrogen-bond acceptors (Lipinski definition) is 1. The summed E-state index contributed by atoms with van der Waals surface area (Å²) in [5.74, 6) is 0.696. The lowest BCUT2D eigenvalue weighted by Crippen LogP contribution is -2.14. The van der Waals surface area contributed by atoms with E-state index < -0.39 is 0 Å². The van der Waals surface area contributed by atoms with Gasteiger partial charge in [0.2, 0.25) is 0 Å². The monoisotopic (exact) mass is 266 g/mol. The molecule has 0 bridgehead atoms. The third-order valence-corrected chi connectivity index (χ3v) is 4.07. The fourth-order valence-electron chi connectivity index (χ4n) is 2.57. The lowest BCUT2D eigenvalue weighted by Gasteiger charge is -2.18. The summed E-state index contributed by atoms with van der Waals surface area (Å²) in [5.41, 5.74) is 2.57. The van der Waals surface area contributed by atoms with Gasteiger partial charge in [0.15, 0.2) is 0 Å². The van der Waals surface area contributed by atoms with Gasteiger partial charge in [-0.15, -0.1) is 11.6 Å². The molecule has 18 heavy (non-hydrogen) atoms. The lowest BCUT2D eigenvalue weighted by molar-refractivity contribution is 0.0533. The second-order valence-electron chi connectivity index (χ2n) is 5.80. The summed E-state index contributed by atoms with van der Waals surface area (Å²) in [7, 11) is 0. The molecule has 0 radical (unpaired) electrons. The molecule has 1 aliphatic rings. The first kappa shape index (κ1) is 13.9. The summed E-state index contributed by atoms with van der Waals surface area (Å²) >= 11 is 6.51. The van der Waals surface area contributed by atoms with Crippen molar-refractivity contribution < 1.29 is 4.74 Å². The van der Waals surface area contributed by atoms with Gasteiger partial charge in [-0.25, -0.2) is 0 Å². The van der Waals surface area contributed by atoms with Gasteiger partial charge in [0.25, 0.3) is 0 Å². The van der Waals surface area contributed by atoms with Crippen molar-refractivity contribution in [3.63, 3.8) is 0 Å². The third kappa shape index (κ3) is 3.49. The van der Waals surface area contributed by atoms with Gasteiger partial charge >= 0.3 is 0 Å². The average Bonchev–Trinajstić information content (AvgIpc) is 2.75. The summed E-state index contributed by atoms with van der Waals surface area (Å²) in [4.78, 5) is 0. The first-order chi connectivity index (χ1) is 8.56. The summed E-state index contributed by atoms with van der Waals surface area (Å²) in [6, 6.07) is 8.70.